The standard InChI is InChI=1S/C47H29N3S.2C43H27N3S/c1-2-13-30(14-3-1)34-16-6-9-21-40(34)46-48-45(49-47(50-46)41-23-12-22-39-38-20-10-11-24-43(38)51-44(39)41)32-27-25-31(26-28-32)42-29-33-15-4-5-17-35(33)36-18-7-8-19-37(36)42;1-2-13-28(14-3-1)33-20-6-7-22-37(33)42-44-41(31-18-10-17-30(27-31)34-23-11-16-29-15-4-5-19-32(29)34)45-43(46-42)38-25-12-24-36-35-21-8-9-26-39(35)47-40(36)38;1-2-12-30(13-3-1)34-15-6-7-17-37(34)42-44-41(31-24-21-29(22-25-31)33-26-23-28-11-4-5-14-32(28)27-33)45-43(46-42)38-19-10-18-36-35-16-8-9-20-39(35)47-40(36)38/h1-29H;2*1-27H. The Hall–Kier alpha value is -18.4. The molecule has 0 amide bonds. The van der Waals surface area contributed by atoms with E-state index in [4.69, 9.17) is 44.9 Å². The van der Waals surface area contributed by atoms with E-state index in [0.717, 1.165) is 100 Å². The van der Waals surface area contributed by atoms with Crippen molar-refractivity contribution < 1.29 is 0 Å². The summed E-state index contributed by atoms with van der Waals surface area (Å²) in [4.78, 5) is 46.7. The molecule has 6 aromatic heterocycles. The number of rotatable bonds is 15. The molecule has 12 heteroatoms. The molecule has 28 rings (SSSR count). The van der Waals surface area contributed by atoms with Crippen molar-refractivity contribution in [2.45, 2.75) is 0 Å². The van der Waals surface area contributed by atoms with Crippen LogP contribution in [0.4, 0.5) is 0 Å². The minimum absolute atomic E-state index is 0.644. The Bertz CT molecular complexity index is 9850. The van der Waals surface area contributed by atoms with Crippen LogP contribution >= 0.6 is 34.0 Å². The molecule has 0 saturated heterocycles. The van der Waals surface area contributed by atoms with Gasteiger partial charge in [0.05, 0.1) is 0 Å². The highest BCUT2D eigenvalue weighted by Gasteiger charge is 2.25. The summed E-state index contributed by atoms with van der Waals surface area (Å²) < 4.78 is 7.29. The summed E-state index contributed by atoms with van der Waals surface area (Å²) >= 11 is 5.36. The second-order valence-electron chi connectivity index (χ2n) is 36.0. The number of hydrogen-bond acceptors (Lipinski definition) is 12. The van der Waals surface area contributed by atoms with Crippen LogP contribution in [0.5, 0.6) is 0 Å². The molecule has 0 bridgehead atoms. The van der Waals surface area contributed by atoms with Crippen LogP contribution in [0.2, 0.25) is 0 Å². The first kappa shape index (κ1) is 86.9. The molecule has 9 nitrogen and oxygen atoms in total. The van der Waals surface area contributed by atoms with Crippen molar-refractivity contribution in [1.29, 1.82) is 0 Å². The van der Waals surface area contributed by atoms with Crippen molar-refractivity contribution in [3.8, 4) is 169 Å². The van der Waals surface area contributed by atoms with Crippen molar-refractivity contribution in [2.75, 3.05) is 0 Å². The Morgan fingerprint density at radius 1 is 0.110 bits per heavy atom. The summed E-state index contributed by atoms with van der Waals surface area (Å²) in [5.74, 6) is 5.90. The lowest BCUT2D eigenvalue weighted by atomic mass is 9.93. The van der Waals surface area contributed by atoms with E-state index < -0.39 is 0 Å². The van der Waals surface area contributed by atoms with Gasteiger partial charge in [-0.2, -0.15) is 0 Å². The van der Waals surface area contributed by atoms with Crippen LogP contribution in [-0.2, 0) is 0 Å². The first-order chi connectivity index (χ1) is 71.9. The van der Waals surface area contributed by atoms with Gasteiger partial charge in [-0.3, -0.25) is 0 Å². The molecule has 0 aliphatic carbocycles. The Morgan fingerprint density at radius 3 is 0.848 bits per heavy atom. The topological polar surface area (TPSA) is 116 Å². The molecule has 0 spiro atoms. The molecule has 0 fully saturated rings. The summed E-state index contributed by atoms with van der Waals surface area (Å²) in [6.45, 7) is 0. The quantitative estimate of drug-likeness (QED) is 0.0925. The van der Waals surface area contributed by atoms with Crippen LogP contribution in [0.15, 0.2) is 504 Å². The smallest absolute Gasteiger partial charge is 0.165 e. The Kier molecular flexibility index (Phi) is 22.7. The van der Waals surface area contributed by atoms with Gasteiger partial charge in [0, 0.05) is 111 Å². The van der Waals surface area contributed by atoms with E-state index in [1.807, 2.05) is 18.2 Å². The van der Waals surface area contributed by atoms with Gasteiger partial charge in [-0.05, 0) is 164 Å². The van der Waals surface area contributed by atoms with E-state index in [9.17, 15) is 0 Å². The lowest BCUT2D eigenvalue weighted by molar-refractivity contribution is 1.08. The second kappa shape index (κ2) is 38.0. The van der Waals surface area contributed by atoms with Crippen molar-refractivity contribution >= 4 is 138 Å². The van der Waals surface area contributed by atoms with Crippen molar-refractivity contribution in [3.63, 3.8) is 0 Å². The monoisotopic (exact) mass is 1900 g/mol. The molecule has 145 heavy (non-hydrogen) atoms. The van der Waals surface area contributed by atoms with Crippen molar-refractivity contribution in [3.05, 3.63) is 504 Å². The summed E-state index contributed by atoms with van der Waals surface area (Å²) in [6.07, 6.45) is 0. The van der Waals surface area contributed by atoms with E-state index >= 15 is 0 Å². The molecule has 0 unspecified atom stereocenters. The minimum Gasteiger partial charge on any atom is -0.208 e. The molecule has 0 aliphatic rings. The molecule has 0 aliphatic heterocycles. The normalized spacial score (nSPS) is 11.4. The summed E-state index contributed by atoms with van der Waals surface area (Å²) in [5.41, 5.74) is 22.4. The fourth-order valence-corrected chi connectivity index (χ4v) is 23.9. The maximum Gasteiger partial charge on any atom is 0.165 e. The minimum atomic E-state index is 0.644. The van der Waals surface area contributed by atoms with Gasteiger partial charge >= 0.3 is 0 Å². The Labute approximate surface area is 848 Å². The number of aromatic nitrogens is 9. The van der Waals surface area contributed by atoms with E-state index in [1.54, 1.807) is 34.0 Å². The molecular formula is C133H83N9S3. The number of benzene rings is 22. The predicted octanol–water partition coefficient (Wildman–Crippen LogP) is 36.3. The van der Waals surface area contributed by atoms with Crippen LogP contribution in [0.1, 0.15) is 0 Å². The summed E-state index contributed by atoms with van der Waals surface area (Å²) in [6, 6.07) is 177. The molecule has 0 radical (unpaired) electrons. The third-order valence-corrected chi connectivity index (χ3v) is 30.9. The maximum absolute atomic E-state index is 5.22. The van der Waals surface area contributed by atoms with Gasteiger partial charge < -0.3 is 0 Å². The number of thiophene rings is 3. The molecule has 22 aromatic carbocycles. The molecular weight excluding hydrogens is 1820 g/mol. The van der Waals surface area contributed by atoms with Crippen molar-refractivity contribution in [2.24, 2.45) is 0 Å². The Balaban J connectivity index is 0.000000111. The second-order valence-corrected chi connectivity index (χ2v) is 39.2. The van der Waals surface area contributed by atoms with E-state index in [-0.39, 0.29) is 0 Å². The van der Waals surface area contributed by atoms with Gasteiger partial charge in [0.25, 0.3) is 0 Å². The van der Waals surface area contributed by atoms with E-state index in [2.05, 4.69) is 485 Å². The van der Waals surface area contributed by atoms with Gasteiger partial charge in [0.1, 0.15) is 0 Å². The number of hydrogen-bond donors (Lipinski definition) is 0. The highest BCUT2D eigenvalue weighted by Crippen LogP contribution is 2.47. The third kappa shape index (κ3) is 16.7. The zero-order valence-corrected chi connectivity index (χ0v) is 80.6. The largest absolute Gasteiger partial charge is 0.208 e. The van der Waals surface area contributed by atoms with Crippen molar-refractivity contribution in [1.82, 2.24) is 44.9 Å². The van der Waals surface area contributed by atoms with Gasteiger partial charge in [-0.15, -0.1) is 34.0 Å². The summed E-state index contributed by atoms with van der Waals surface area (Å²) in [5, 5.41) is 17.3. The molecule has 678 valence electrons. The van der Waals surface area contributed by atoms with E-state index in [0.29, 0.717) is 52.4 Å². The average molecular weight is 1900 g/mol. The number of nitrogens with zero attached hydrogens (tertiary/aromatic N) is 9. The maximum atomic E-state index is 5.22. The van der Waals surface area contributed by atoms with Crippen LogP contribution in [0, 0.1) is 0 Å². The van der Waals surface area contributed by atoms with Gasteiger partial charge in [-0.1, -0.05) is 449 Å². The van der Waals surface area contributed by atoms with Crippen LogP contribution < -0.4 is 0 Å². The summed E-state index contributed by atoms with van der Waals surface area (Å²) in [7, 11) is 0. The average Bonchev–Trinajstić information content (AvgIpc) is 1.56. The first-order valence-electron chi connectivity index (χ1n) is 48.5. The molecule has 6 heterocycles. The molecule has 0 N–H and O–H groups in total. The SMILES string of the molecule is c1ccc(-c2ccccc2-c2nc(-c3ccc(-c4cc5ccccc5c5ccccc45)cc3)nc(-c3cccc4c3sc3ccccc34)n2)cc1.c1ccc(-c2ccccc2-c2nc(-c3ccc(-c4ccc5ccccc5c4)cc3)nc(-c3cccc4c3sc3ccccc34)n2)cc1.c1ccc(-c2ccccc2-c2nc(-c3cccc(-c4cccc5ccccc45)c3)nc(-c3cccc4c3sc3ccccc34)n2)cc1. The zero-order chi connectivity index (χ0) is 96.0. The number of fused-ring (bicyclic) bond motifs is 14. The Morgan fingerprint density at radius 2 is 0.386 bits per heavy atom. The van der Waals surface area contributed by atoms with Crippen LogP contribution in [0.3, 0.4) is 0 Å². The van der Waals surface area contributed by atoms with Gasteiger partial charge in [-0.25, -0.2) is 44.9 Å². The molecule has 0 saturated carbocycles. The lowest BCUT2D eigenvalue weighted by Crippen LogP contribution is -2.01. The highest BCUT2D eigenvalue weighted by molar-refractivity contribution is 7.27. The molecule has 0 atom stereocenters. The lowest BCUT2D eigenvalue weighted by Gasteiger charge is -2.13. The van der Waals surface area contributed by atoms with E-state index in [1.165, 1.54) is 120 Å². The van der Waals surface area contributed by atoms with Gasteiger partial charge in [0.2, 0.25) is 0 Å². The van der Waals surface area contributed by atoms with Crippen LogP contribution in [-0.4, -0.2) is 44.9 Å². The van der Waals surface area contributed by atoms with Gasteiger partial charge in [0.15, 0.2) is 52.4 Å². The zero-order valence-electron chi connectivity index (χ0n) is 78.2. The third-order valence-electron chi connectivity index (χ3n) is 27.3. The first-order valence-corrected chi connectivity index (χ1v) is 51.0. The molecule has 28 aromatic rings. The van der Waals surface area contributed by atoms with Crippen LogP contribution in [0.25, 0.3) is 273 Å². The fraction of sp³-hybridized carbons (Fsp3) is 0. The fourth-order valence-electron chi connectivity index (χ4n) is 20.2. The highest BCUT2D eigenvalue weighted by atomic mass is 32.1. The predicted molar refractivity (Wildman–Crippen MR) is 610 cm³/mol.